The summed E-state index contributed by atoms with van der Waals surface area (Å²) < 4.78 is 27.8. The quantitative estimate of drug-likeness (QED) is 0.481. The van der Waals surface area contributed by atoms with Crippen LogP contribution in [0, 0.1) is 6.92 Å². The first-order chi connectivity index (χ1) is 15.3. The second kappa shape index (κ2) is 8.57. The fourth-order valence-electron chi connectivity index (χ4n) is 3.26. The molecule has 0 aliphatic carbocycles. The minimum atomic E-state index is -4.16. The molecule has 9 heteroatoms. The lowest BCUT2D eigenvalue weighted by Gasteiger charge is -2.14. The first kappa shape index (κ1) is 21.7. The highest BCUT2D eigenvalue weighted by atomic mass is 35.5. The zero-order valence-electron chi connectivity index (χ0n) is 16.9. The molecule has 0 aliphatic rings. The van der Waals surface area contributed by atoms with Crippen molar-refractivity contribution in [1.82, 2.24) is 9.55 Å². The molecule has 2 aromatic carbocycles. The number of aryl methyl sites for hydroxylation is 1. The Morgan fingerprint density at radius 3 is 2.41 bits per heavy atom. The average Bonchev–Trinajstić information content (AvgIpc) is 2.76. The highest BCUT2D eigenvalue weighted by Crippen LogP contribution is 2.22. The molecule has 1 amide bonds. The van der Waals surface area contributed by atoms with Crippen LogP contribution in [-0.2, 0) is 21.2 Å². The van der Waals surface area contributed by atoms with Crippen LogP contribution < -0.4 is 10.7 Å². The van der Waals surface area contributed by atoms with Crippen molar-refractivity contribution in [2.45, 2.75) is 23.3 Å². The summed E-state index contributed by atoms with van der Waals surface area (Å²) in [6, 6.07) is 17.5. The van der Waals surface area contributed by atoms with Crippen molar-refractivity contribution in [1.29, 1.82) is 0 Å². The van der Waals surface area contributed by atoms with Gasteiger partial charge in [0.15, 0.2) is 0 Å². The largest absolute Gasteiger partial charge is 0.325 e. The van der Waals surface area contributed by atoms with Crippen LogP contribution in [0.25, 0.3) is 11.0 Å². The summed E-state index contributed by atoms with van der Waals surface area (Å²) in [5.41, 5.74) is 0.777. The van der Waals surface area contributed by atoms with Gasteiger partial charge >= 0.3 is 0 Å². The molecule has 0 saturated heterocycles. The van der Waals surface area contributed by atoms with Gasteiger partial charge in [0.2, 0.25) is 21.2 Å². The lowest BCUT2D eigenvalue weighted by molar-refractivity contribution is -0.116. The molecule has 0 unspecified atom stereocenters. The van der Waals surface area contributed by atoms with Gasteiger partial charge in [-0.25, -0.2) is 13.4 Å². The third-order valence-electron chi connectivity index (χ3n) is 4.81. The molecule has 0 bridgehead atoms. The highest BCUT2D eigenvalue weighted by Gasteiger charge is 2.25. The number of nitrogens with zero attached hydrogens (tertiary/aromatic N) is 2. The number of hydrogen-bond acceptors (Lipinski definition) is 5. The Labute approximate surface area is 189 Å². The first-order valence-electron chi connectivity index (χ1n) is 9.62. The lowest BCUT2D eigenvalue weighted by Crippen LogP contribution is -2.24. The van der Waals surface area contributed by atoms with Gasteiger partial charge < -0.3 is 9.88 Å². The molecular weight excluding hydrogens is 450 g/mol. The van der Waals surface area contributed by atoms with E-state index in [1.165, 1.54) is 41.1 Å². The SMILES string of the molecule is Cc1ccc2c(=O)c(S(=O)(=O)c3ccc(Cl)cc3)cn(CC(=O)Nc3ccccc3)c2n1. The van der Waals surface area contributed by atoms with Crippen LogP contribution in [0.5, 0.6) is 0 Å². The van der Waals surface area contributed by atoms with E-state index in [2.05, 4.69) is 10.3 Å². The Balaban J connectivity index is 1.84. The normalized spacial score (nSPS) is 11.4. The van der Waals surface area contributed by atoms with Gasteiger partial charge in [-0.2, -0.15) is 0 Å². The molecule has 0 aliphatic heterocycles. The van der Waals surface area contributed by atoms with Crippen molar-refractivity contribution >= 4 is 44.1 Å². The van der Waals surface area contributed by atoms with Crippen LogP contribution in [0.15, 0.2) is 87.5 Å². The molecule has 2 aromatic heterocycles. The number of aromatic nitrogens is 2. The molecule has 32 heavy (non-hydrogen) atoms. The molecule has 4 aromatic rings. The summed E-state index contributed by atoms with van der Waals surface area (Å²) >= 11 is 5.87. The molecule has 1 N–H and O–H groups in total. The Morgan fingerprint density at radius 1 is 1.03 bits per heavy atom. The minimum Gasteiger partial charge on any atom is -0.325 e. The number of benzene rings is 2. The molecule has 0 fully saturated rings. The van der Waals surface area contributed by atoms with Gasteiger partial charge in [0.25, 0.3) is 0 Å². The summed E-state index contributed by atoms with van der Waals surface area (Å²) in [4.78, 5) is 29.6. The van der Waals surface area contributed by atoms with E-state index in [4.69, 9.17) is 11.6 Å². The highest BCUT2D eigenvalue weighted by molar-refractivity contribution is 7.91. The summed E-state index contributed by atoms with van der Waals surface area (Å²) in [7, 11) is -4.16. The third kappa shape index (κ3) is 4.28. The fourth-order valence-corrected chi connectivity index (χ4v) is 4.76. The van der Waals surface area contributed by atoms with Gasteiger partial charge in [-0.15, -0.1) is 0 Å². The van der Waals surface area contributed by atoms with Crippen LogP contribution in [0.1, 0.15) is 5.69 Å². The van der Waals surface area contributed by atoms with Crippen LogP contribution in [0.3, 0.4) is 0 Å². The third-order valence-corrected chi connectivity index (χ3v) is 6.83. The standard InChI is InChI=1S/C23H18ClN3O4S/c1-15-7-12-19-22(29)20(32(30,31)18-10-8-16(24)9-11-18)13-27(23(19)25-15)14-21(28)26-17-5-3-2-4-6-17/h2-13H,14H2,1H3,(H,26,28). The number of halogens is 1. The number of sulfone groups is 1. The van der Waals surface area contributed by atoms with Crippen LogP contribution in [-0.4, -0.2) is 23.9 Å². The number of carbonyl (C=O) groups is 1. The summed E-state index contributed by atoms with van der Waals surface area (Å²) in [5.74, 6) is -0.390. The number of para-hydroxylation sites is 1. The molecule has 0 spiro atoms. The van der Waals surface area contributed by atoms with E-state index in [1.54, 1.807) is 37.3 Å². The first-order valence-corrected chi connectivity index (χ1v) is 11.5. The molecule has 0 radical (unpaired) electrons. The van der Waals surface area contributed by atoms with Crippen LogP contribution in [0.2, 0.25) is 5.02 Å². The summed E-state index contributed by atoms with van der Waals surface area (Å²) in [6.45, 7) is 1.52. The van der Waals surface area contributed by atoms with Crippen molar-refractivity contribution in [3.8, 4) is 0 Å². The number of amides is 1. The van der Waals surface area contributed by atoms with Gasteiger partial charge in [0, 0.05) is 22.6 Å². The van der Waals surface area contributed by atoms with Gasteiger partial charge in [-0.1, -0.05) is 29.8 Å². The Bertz CT molecular complexity index is 1480. The van der Waals surface area contributed by atoms with E-state index in [0.29, 0.717) is 16.4 Å². The molecule has 0 saturated carbocycles. The van der Waals surface area contributed by atoms with Gasteiger partial charge in [-0.05, 0) is 55.5 Å². The molecule has 0 atom stereocenters. The zero-order chi connectivity index (χ0) is 22.9. The van der Waals surface area contributed by atoms with Crippen molar-refractivity contribution < 1.29 is 13.2 Å². The Morgan fingerprint density at radius 2 is 1.72 bits per heavy atom. The van der Waals surface area contributed by atoms with Gasteiger partial charge in [0.1, 0.15) is 17.1 Å². The fraction of sp³-hybridized carbons (Fsp3) is 0.0870. The average molecular weight is 468 g/mol. The van der Waals surface area contributed by atoms with Gasteiger partial charge in [0.05, 0.1) is 10.3 Å². The predicted octanol–water partition coefficient (Wildman–Crippen LogP) is 3.83. The number of fused-ring (bicyclic) bond motifs is 1. The maximum absolute atomic E-state index is 13.2. The monoisotopic (exact) mass is 467 g/mol. The van der Waals surface area contributed by atoms with E-state index in [-0.39, 0.29) is 28.4 Å². The summed E-state index contributed by atoms with van der Waals surface area (Å²) in [5, 5.41) is 3.23. The van der Waals surface area contributed by atoms with E-state index < -0.39 is 20.2 Å². The zero-order valence-corrected chi connectivity index (χ0v) is 18.5. The van der Waals surface area contributed by atoms with E-state index in [1.807, 2.05) is 6.07 Å². The van der Waals surface area contributed by atoms with Gasteiger partial charge in [-0.3, -0.25) is 9.59 Å². The number of nitrogens with one attached hydrogen (secondary N) is 1. The predicted molar refractivity (Wildman–Crippen MR) is 123 cm³/mol. The number of carbonyl (C=O) groups excluding carboxylic acids is 1. The number of hydrogen-bond donors (Lipinski definition) is 1. The van der Waals surface area contributed by atoms with Crippen molar-refractivity contribution in [3.63, 3.8) is 0 Å². The molecule has 2 heterocycles. The second-order valence-electron chi connectivity index (χ2n) is 7.15. The molecule has 162 valence electrons. The maximum atomic E-state index is 13.2. The maximum Gasteiger partial charge on any atom is 0.244 e. The van der Waals surface area contributed by atoms with Crippen molar-refractivity contribution in [2.75, 3.05) is 5.32 Å². The number of rotatable bonds is 5. The van der Waals surface area contributed by atoms with E-state index in [9.17, 15) is 18.0 Å². The second-order valence-corrected chi connectivity index (χ2v) is 9.50. The summed E-state index contributed by atoms with van der Waals surface area (Å²) in [6.07, 6.45) is 1.17. The lowest BCUT2D eigenvalue weighted by atomic mass is 10.2. The van der Waals surface area contributed by atoms with Crippen molar-refractivity contribution in [3.05, 3.63) is 93.9 Å². The topological polar surface area (TPSA) is 98.1 Å². The van der Waals surface area contributed by atoms with Crippen LogP contribution in [0.4, 0.5) is 5.69 Å². The van der Waals surface area contributed by atoms with Crippen LogP contribution >= 0.6 is 11.6 Å². The molecule has 4 rings (SSSR count). The molecular formula is C23H18ClN3O4S. The smallest absolute Gasteiger partial charge is 0.244 e. The Hall–Kier alpha value is -3.49. The minimum absolute atomic E-state index is 0.0706. The Kier molecular flexibility index (Phi) is 5.82. The van der Waals surface area contributed by atoms with Crippen molar-refractivity contribution in [2.24, 2.45) is 0 Å². The van der Waals surface area contributed by atoms with E-state index >= 15 is 0 Å². The number of pyridine rings is 2. The molecule has 7 nitrogen and oxygen atoms in total. The van der Waals surface area contributed by atoms with E-state index in [0.717, 1.165) is 0 Å². The number of anilines is 1.